The van der Waals surface area contributed by atoms with Crippen LogP contribution in [-0.4, -0.2) is 29.2 Å². The summed E-state index contributed by atoms with van der Waals surface area (Å²) in [5.74, 6) is 2.26. The van der Waals surface area contributed by atoms with E-state index in [-0.39, 0.29) is 17.5 Å². The first-order chi connectivity index (χ1) is 12.7. The van der Waals surface area contributed by atoms with Gasteiger partial charge in [0.05, 0.1) is 18.2 Å². The van der Waals surface area contributed by atoms with Crippen molar-refractivity contribution in [2.24, 2.45) is 17.8 Å². The van der Waals surface area contributed by atoms with Crippen molar-refractivity contribution in [1.82, 2.24) is 9.88 Å². The lowest BCUT2D eigenvalue weighted by atomic mass is 9.90. The Hall–Kier alpha value is -1.78. The number of carbonyl (C=O) groups is 1. The number of para-hydroxylation sites is 1. The van der Waals surface area contributed by atoms with Gasteiger partial charge in [-0.25, -0.2) is 0 Å². The Kier molecular flexibility index (Phi) is 4.06. The summed E-state index contributed by atoms with van der Waals surface area (Å²) in [5, 5.41) is 4.11. The summed E-state index contributed by atoms with van der Waals surface area (Å²) in [5.41, 5.74) is 1.44. The zero-order valence-corrected chi connectivity index (χ0v) is 15.4. The molecule has 1 saturated heterocycles. The van der Waals surface area contributed by atoms with Crippen molar-refractivity contribution in [3.05, 3.63) is 48.2 Å². The Labute approximate surface area is 158 Å². The fraction of sp³-hybridized carbons (Fsp3) is 0.476. The Bertz CT molecular complexity index is 874. The van der Waals surface area contributed by atoms with Gasteiger partial charge in [-0.15, -0.1) is 0 Å². The minimum absolute atomic E-state index is 0.00464. The molecule has 4 nitrogen and oxygen atoms in total. The van der Waals surface area contributed by atoms with E-state index in [1.807, 2.05) is 30.5 Å². The summed E-state index contributed by atoms with van der Waals surface area (Å²) >= 11 is 6.18. The number of halogens is 1. The second kappa shape index (κ2) is 6.43. The first-order valence-electron chi connectivity index (χ1n) is 9.52. The molecule has 1 N–H and O–H groups in total. The molecule has 1 aromatic carbocycles. The van der Waals surface area contributed by atoms with Gasteiger partial charge >= 0.3 is 0 Å². The van der Waals surface area contributed by atoms with E-state index in [4.69, 9.17) is 16.3 Å². The van der Waals surface area contributed by atoms with E-state index < -0.39 is 0 Å². The van der Waals surface area contributed by atoms with E-state index in [2.05, 4.69) is 22.0 Å². The van der Waals surface area contributed by atoms with Gasteiger partial charge in [-0.1, -0.05) is 42.0 Å². The lowest BCUT2D eigenvalue weighted by Crippen LogP contribution is -2.37. The zero-order chi connectivity index (χ0) is 17.7. The number of nitrogens with one attached hydrogen (secondary N) is 1. The van der Waals surface area contributed by atoms with Crippen LogP contribution in [0, 0.1) is 17.8 Å². The van der Waals surface area contributed by atoms with Crippen molar-refractivity contribution in [2.45, 2.75) is 30.9 Å². The van der Waals surface area contributed by atoms with Crippen molar-refractivity contribution >= 4 is 28.4 Å². The molecule has 136 valence electrons. The molecule has 2 bridgehead atoms. The lowest BCUT2D eigenvalue weighted by molar-refractivity contribution is -0.0523. The topological polar surface area (TPSA) is 43.3 Å². The van der Waals surface area contributed by atoms with Crippen LogP contribution in [0.3, 0.4) is 0 Å². The van der Waals surface area contributed by atoms with Gasteiger partial charge in [-0.2, -0.15) is 0 Å². The molecule has 1 amide bonds. The fourth-order valence-electron chi connectivity index (χ4n) is 4.81. The van der Waals surface area contributed by atoms with E-state index in [1.54, 1.807) is 0 Å². The highest BCUT2D eigenvalue weighted by molar-refractivity contribution is 6.20. The number of allylic oxidation sites excluding steroid dienone is 2. The van der Waals surface area contributed by atoms with Gasteiger partial charge < -0.3 is 14.6 Å². The average molecular weight is 371 g/mol. The highest BCUT2D eigenvalue weighted by Crippen LogP contribution is 2.44. The molecule has 5 rings (SSSR count). The maximum absolute atomic E-state index is 12.8. The number of fused-ring (bicyclic) bond motifs is 3. The van der Waals surface area contributed by atoms with Crippen molar-refractivity contribution in [2.75, 3.05) is 13.2 Å². The number of ether oxygens (including phenoxy) is 1. The number of carbonyl (C=O) groups excluding carboxylic acids is 1. The van der Waals surface area contributed by atoms with Gasteiger partial charge in [0.2, 0.25) is 0 Å². The maximum Gasteiger partial charge on any atom is 0.253 e. The smallest absolute Gasteiger partial charge is 0.253 e. The number of rotatable bonds is 5. The second-order valence-electron chi connectivity index (χ2n) is 7.80. The molecular formula is C21H23ClN2O2. The molecule has 26 heavy (non-hydrogen) atoms. The summed E-state index contributed by atoms with van der Waals surface area (Å²) < 4.78 is 7.39. The molecule has 5 atom stereocenters. The third-order valence-electron chi connectivity index (χ3n) is 6.29. The number of benzene rings is 1. The summed E-state index contributed by atoms with van der Waals surface area (Å²) in [4.78, 5) is 12.8. The van der Waals surface area contributed by atoms with Crippen LogP contribution >= 0.6 is 11.6 Å². The van der Waals surface area contributed by atoms with Crippen LogP contribution in [0.5, 0.6) is 0 Å². The number of alkyl halides is 1. The van der Waals surface area contributed by atoms with Crippen LogP contribution in [0.25, 0.3) is 10.9 Å². The molecule has 3 aliphatic rings. The van der Waals surface area contributed by atoms with Crippen LogP contribution in [0.4, 0.5) is 0 Å². The molecule has 0 spiro atoms. The van der Waals surface area contributed by atoms with Gasteiger partial charge in [-0.05, 0) is 43.1 Å². The Morgan fingerprint density at radius 1 is 1.27 bits per heavy atom. The highest BCUT2D eigenvalue weighted by Gasteiger charge is 2.35. The first kappa shape index (κ1) is 16.4. The molecule has 5 heteroatoms. The molecule has 2 aromatic rings. The van der Waals surface area contributed by atoms with Gasteiger partial charge in [0.1, 0.15) is 0 Å². The van der Waals surface area contributed by atoms with E-state index in [0.29, 0.717) is 6.61 Å². The number of hydrogen-bond donors (Lipinski definition) is 1. The van der Waals surface area contributed by atoms with Crippen LogP contribution in [0.15, 0.2) is 42.6 Å². The largest absolute Gasteiger partial charge is 0.358 e. The molecule has 2 fully saturated rings. The Morgan fingerprint density at radius 2 is 2.15 bits per heavy atom. The number of hydrogen-bond acceptors (Lipinski definition) is 2. The van der Waals surface area contributed by atoms with Gasteiger partial charge in [0.25, 0.3) is 5.91 Å². The summed E-state index contributed by atoms with van der Waals surface area (Å²) in [7, 11) is 0. The van der Waals surface area contributed by atoms with Crippen LogP contribution < -0.4 is 5.32 Å². The molecule has 1 aliphatic heterocycles. The third kappa shape index (κ3) is 2.67. The highest BCUT2D eigenvalue weighted by atomic mass is 35.5. The lowest BCUT2D eigenvalue weighted by Gasteiger charge is -2.33. The van der Waals surface area contributed by atoms with Crippen LogP contribution in [0.2, 0.25) is 0 Å². The predicted octanol–water partition coefficient (Wildman–Crippen LogP) is 4.11. The van der Waals surface area contributed by atoms with E-state index in [0.717, 1.165) is 47.2 Å². The van der Waals surface area contributed by atoms with Crippen molar-refractivity contribution in [3.63, 3.8) is 0 Å². The van der Waals surface area contributed by atoms with Crippen LogP contribution in [-0.2, 0) is 4.74 Å². The SMILES string of the molecule is O=C(NCC[C@@H]1C[C@@H]2C=C[C@H]1C2)c1cn(C2COC2Cl)c2ccccc12. The molecule has 1 aromatic heterocycles. The number of nitrogens with zero attached hydrogens (tertiary/aromatic N) is 1. The minimum atomic E-state index is -0.326. The Morgan fingerprint density at radius 3 is 2.85 bits per heavy atom. The zero-order valence-electron chi connectivity index (χ0n) is 14.6. The predicted molar refractivity (Wildman–Crippen MR) is 102 cm³/mol. The first-order valence-corrected chi connectivity index (χ1v) is 9.96. The summed E-state index contributed by atoms with van der Waals surface area (Å²) in [6.07, 6.45) is 10.3. The average Bonchev–Trinajstić information content (AvgIpc) is 3.35. The Balaban J connectivity index is 1.30. The molecular weight excluding hydrogens is 348 g/mol. The molecule has 2 heterocycles. The van der Waals surface area contributed by atoms with Gasteiger partial charge in [-0.3, -0.25) is 4.79 Å². The number of amides is 1. The quantitative estimate of drug-likeness (QED) is 0.635. The molecule has 2 aliphatic carbocycles. The maximum atomic E-state index is 12.8. The molecule has 2 unspecified atom stereocenters. The fourth-order valence-corrected chi connectivity index (χ4v) is 5.08. The second-order valence-corrected chi connectivity index (χ2v) is 8.23. The van der Waals surface area contributed by atoms with Crippen molar-refractivity contribution in [3.8, 4) is 0 Å². The summed E-state index contributed by atoms with van der Waals surface area (Å²) in [6.45, 7) is 1.33. The monoisotopic (exact) mass is 370 g/mol. The summed E-state index contributed by atoms with van der Waals surface area (Å²) in [6, 6.07) is 8.09. The molecule has 1 saturated carbocycles. The van der Waals surface area contributed by atoms with E-state index in [9.17, 15) is 4.79 Å². The van der Waals surface area contributed by atoms with Crippen molar-refractivity contribution in [1.29, 1.82) is 0 Å². The van der Waals surface area contributed by atoms with Crippen LogP contribution in [0.1, 0.15) is 35.7 Å². The minimum Gasteiger partial charge on any atom is -0.358 e. The van der Waals surface area contributed by atoms with Crippen molar-refractivity contribution < 1.29 is 9.53 Å². The van der Waals surface area contributed by atoms with E-state index in [1.165, 1.54) is 12.8 Å². The normalized spacial score (nSPS) is 32.1. The molecule has 0 radical (unpaired) electrons. The van der Waals surface area contributed by atoms with Gasteiger partial charge in [0, 0.05) is 23.6 Å². The number of aromatic nitrogens is 1. The standard InChI is InChI=1S/C21H23ClN2O2/c22-20-19(12-26-20)24-11-17(16-3-1-2-4-18(16)24)21(25)23-8-7-15-10-13-5-6-14(15)9-13/h1-6,11,13-15,19-20H,7-10,12H2,(H,23,25)/t13-,14+,15-,19?,20?/m1/s1. The van der Waals surface area contributed by atoms with E-state index >= 15 is 0 Å². The van der Waals surface area contributed by atoms with Gasteiger partial charge in [0.15, 0.2) is 5.56 Å². The third-order valence-corrected chi connectivity index (χ3v) is 6.71.